The van der Waals surface area contributed by atoms with Gasteiger partial charge in [0, 0.05) is 28.4 Å². The van der Waals surface area contributed by atoms with Gasteiger partial charge in [-0.2, -0.15) is 0 Å². The largest absolute Gasteiger partial charge is 0.398 e. The highest BCUT2D eigenvalue weighted by Gasteiger charge is 2.35. The summed E-state index contributed by atoms with van der Waals surface area (Å²) in [6, 6.07) is 4.36. The Labute approximate surface area is 134 Å². The van der Waals surface area contributed by atoms with Crippen molar-refractivity contribution in [3.63, 3.8) is 0 Å². The van der Waals surface area contributed by atoms with Crippen LogP contribution in [0.1, 0.15) is 46.0 Å². The molecule has 0 unspecified atom stereocenters. The van der Waals surface area contributed by atoms with Crippen LogP contribution in [0.3, 0.4) is 0 Å². The molecule has 0 rings (SSSR count). The van der Waals surface area contributed by atoms with E-state index in [0.29, 0.717) is 0 Å². The van der Waals surface area contributed by atoms with E-state index in [2.05, 4.69) is 13.8 Å². The molecule has 21 heavy (non-hydrogen) atoms. The maximum atomic E-state index is 5.73. The second-order valence-electron chi connectivity index (χ2n) is 5.70. The zero-order chi connectivity index (χ0) is 16.2. The van der Waals surface area contributed by atoms with Crippen LogP contribution >= 0.6 is 0 Å². The molecule has 6 heteroatoms. The first-order valence-corrected chi connectivity index (χ1v) is 12.7. The van der Waals surface area contributed by atoms with Crippen LogP contribution in [0.2, 0.25) is 24.2 Å². The highest BCUT2D eigenvalue weighted by atomic mass is 28.4. The van der Waals surface area contributed by atoms with Gasteiger partial charge < -0.3 is 17.7 Å². The summed E-state index contributed by atoms with van der Waals surface area (Å²) in [5.41, 5.74) is 0. The molecule has 0 amide bonds. The lowest BCUT2D eigenvalue weighted by atomic mass is 10.3. The molecule has 0 saturated carbocycles. The molecule has 0 saturated heterocycles. The highest BCUT2D eigenvalue weighted by molar-refractivity contribution is 6.67. The second kappa shape index (κ2) is 11.8. The van der Waals surface area contributed by atoms with Gasteiger partial charge >= 0.3 is 17.1 Å². The standard InChI is InChI=1S/C15H36O4Si2/c1-7-12-20(16-3,17-4)14-10-9-11-15-21(18-5,19-6)13-8-2/h7-15H2,1-6H3. The van der Waals surface area contributed by atoms with Crippen molar-refractivity contribution in [3.8, 4) is 0 Å². The van der Waals surface area contributed by atoms with Crippen LogP contribution in [0.25, 0.3) is 0 Å². The smallest absolute Gasteiger partial charge is 0.337 e. The normalized spacial score (nSPS) is 12.9. The summed E-state index contributed by atoms with van der Waals surface area (Å²) >= 11 is 0. The van der Waals surface area contributed by atoms with Crippen molar-refractivity contribution in [1.29, 1.82) is 0 Å². The summed E-state index contributed by atoms with van der Waals surface area (Å²) in [5.74, 6) is 0. The first-order chi connectivity index (χ1) is 10.1. The molecule has 0 bridgehead atoms. The predicted octanol–water partition coefficient (Wildman–Crippen LogP) is 4.45. The van der Waals surface area contributed by atoms with Crippen molar-refractivity contribution < 1.29 is 17.7 Å². The fraction of sp³-hybridized carbons (Fsp3) is 1.00. The van der Waals surface area contributed by atoms with E-state index in [1.807, 2.05) is 0 Å². The molecule has 128 valence electrons. The van der Waals surface area contributed by atoms with Crippen LogP contribution < -0.4 is 0 Å². The van der Waals surface area contributed by atoms with Crippen molar-refractivity contribution in [3.05, 3.63) is 0 Å². The summed E-state index contributed by atoms with van der Waals surface area (Å²) in [6.45, 7) is 4.39. The monoisotopic (exact) mass is 336 g/mol. The van der Waals surface area contributed by atoms with Crippen molar-refractivity contribution in [2.45, 2.75) is 70.1 Å². The molecule has 0 spiro atoms. The minimum absolute atomic E-state index is 1.09. The van der Waals surface area contributed by atoms with Gasteiger partial charge in [0.2, 0.25) is 0 Å². The minimum Gasteiger partial charge on any atom is -0.398 e. The van der Waals surface area contributed by atoms with Crippen molar-refractivity contribution >= 4 is 17.1 Å². The van der Waals surface area contributed by atoms with Gasteiger partial charge in [-0.3, -0.25) is 0 Å². The average molecular weight is 337 g/mol. The molecule has 0 aromatic rings. The van der Waals surface area contributed by atoms with Gasteiger partial charge in [0.25, 0.3) is 0 Å². The van der Waals surface area contributed by atoms with Gasteiger partial charge in [0.05, 0.1) is 0 Å². The molecule has 0 aliphatic heterocycles. The SMILES string of the molecule is CCC[Si](CCCCC[Si](CCC)(OC)OC)(OC)OC. The Hall–Kier alpha value is 0.274. The Balaban J connectivity index is 4.13. The number of hydrogen-bond acceptors (Lipinski definition) is 4. The van der Waals surface area contributed by atoms with Crippen LogP contribution in [0.5, 0.6) is 0 Å². The molecule has 0 heterocycles. The van der Waals surface area contributed by atoms with E-state index >= 15 is 0 Å². The summed E-state index contributed by atoms with van der Waals surface area (Å²) in [7, 11) is 3.38. The van der Waals surface area contributed by atoms with Crippen LogP contribution in [-0.4, -0.2) is 45.6 Å². The second-order valence-corrected chi connectivity index (χ2v) is 13.0. The van der Waals surface area contributed by atoms with Gasteiger partial charge in [0.15, 0.2) is 0 Å². The summed E-state index contributed by atoms with van der Waals surface area (Å²) in [6.07, 6.45) is 5.83. The zero-order valence-electron chi connectivity index (χ0n) is 15.0. The summed E-state index contributed by atoms with van der Waals surface area (Å²) in [5, 5.41) is 0. The average Bonchev–Trinajstić information content (AvgIpc) is 2.52. The van der Waals surface area contributed by atoms with Crippen LogP contribution in [-0.2, 0) is 17.7 Å². The van der Waals surface area contributed by atoms with Crippen molar-refractivity contribution in [2.75, 3.05) is 28.4 Å². The molecular formula is C15H36O4Si2. The van der Waals surface area contributed by atoms with Gasteiger partial charge in [-0.15, -0.1) is 0 Å². The highest BCUT2D eigenvalue weighted by Crippen LogP contribution is 2.26. The lowest BCUT2D eigenvalue weighted by molar-refractivity contribution is 0.237. The Morgan fingerprint density at radius 2 is 0.857 bits per heavy atom. The Morgan fingerprint density at radius 1 is 0.524 bits per heavy atom. The molecule has 4 nitrogen and oxygen atoms in total. The maximum Gasteiger partial charge on any atom is 0.337 e. The minimum atomic E-state index is -1.92. The van der Waals surface area contributed by atoms with E-state index in [4.69, 9.17) is 17.7 Å². The van der Waals surface area contributed by atoms with Gasteiger partial charge in [-0.05, 0) is 24.2 Å². The molecule has 0 N–H and O–H groups in total. The fourth-order valence-electron chi connectivity index (χ4n) is 2.96. The maximum absolute atomic E-state index is 5.73. The summed E-state index contributed by atoms with van der Waals surface area (Å²) < 4.78 is 22.9. The van der Waals surface area contributed by atoms with Crippen LogP contribution in [0, 0.1) is 0 Å². The molecule has 0 atom stereocenters. The van der Waals surface area contributed by atoms with E-state index in [-0.39, 0.29) is 0 Å². The third-order valence-corrected chi connectivity index (χ3v) is 12.1. The lowest BCUT2D eigenvalue weighted by Crippen LogP contribution is -2.40. The Bertz CT molecular complexity index is 220. The third kappa shape index (κ3) is 7.39. The van der Waals surface area contributed by atoms with E-state index < -0.39 is 17.1 Å². The molecule has 0 aliphatic carbocycles. The number of rotatable bonds is 14. The molecule has 0 aromatic heterocycles. The first-order valence-electron chi connectivity index (χ1n) is 8.28. The van der Waals surface area contributed by atoms with E-state index in [1.54, 1.807) is 28.4 Å². The molecule has 0 fully saturated rings. The Morgan fingerprint density at radius 3 is 1.10 bits per heavy atom. The van der Waals surface area contributed by atoms with Crippen molar-refractivity contribution in [1.82, 2.24) is 0 Å². The van der Waals surface area contributed by atoms with E-state index in [1.165, 1.54) is 19.3 Å². The third-order valence-electron chi connectivity index (χ3n) is 4.37. The molecule has 0 aromatic carbocycles. The quantitative estimate of drug-likeness (QED) is 0.347. The van der Waals surface area contributed by atoms with Crippen LogP contribution in [0.4, 0.5) is 0 Å². The molecule has 0 aliphatic rings. The van der Waals surface area contributed by atoms with Gasteiger partial charge in [-0.25, -0.2) is 0 Å². The van der Waals surface area contributed by atoms with E-state index in [0.717, 1.165) is 37.0 Å². The van der Waals surface area contributed by atoms with E-state index in [9.17, 15) is 0 Å². The molecular weight excluding hydrogens is 300 g/mol. The summed E-state index contributed by atoms with van der Waals surface area (Å²) in [4.78, 5) is 0. The lowest BCUT2D eigenvalue weighted by Gasteiger charge is -2.28. The topological polar surface area (TPSA) is 36.9 Å². The van der Waals surface area contributed by atoms with Crippen LogP contribution in [0.15, 0.2) is 0 Å². The van der Waals surface area contributed by atoms with Crippen molar-refractivity contribution in [2.24, 2.45) is 0 Å². The molecule has 0 radical (unpaired) electrons. The fourth-order valence-corrected chi connectivity index (χ4v) is 8.53. The Kier molecular flexibility index (Phi) is 11.9. The zero-order valence-corrected chi connectivity index (χ0v) is 17.0. The number of unbranched alkanes of at least 4 members (excludes halogenated alkanes) is 2. The predicted molar refractivity (Wildman–Crippen MR) is 93.2 cm³/mol. The van der Waals surface area contributed by atoms with Gasteiger partial charge in [-0.1, -0.05) is 46.0 Å². The van der Waals surface area contributed by atoms with Gasteiger partial charge in [0.1, 0.15) is 0 Å². The first kappa shape index (κ1) is 21.3. The number of hydrogen-bond donors (Lipinski definition) is 0.